The van der Waals surface area contributed by atoms with Crippen LogP contribution >= 0.6 is 0 Å². The lowest BCUT2D eigenvalue weighted by Crippen LogP contribution is -2.46. The lowest BCUT2D eigenvalue weighted by Gasteiger charge is -2.30. The minimum absolute atomic E-state index is 0.246. The molecule has 0 unspecified atom stereocenters. The molecule has 0 aromatic heterocycles. The van der Waals surface area contributed by atoms with Crippen LogP contribution in [0.3, 0.4) is 0 Å². The highest BCUT2D eigenvalue weighted by molar-refractivity contribution is 5.97. The van der Waals surface area contributed by atoms with Gasteiger partial charge in [-0.25, -0.2) is 0 Å². The minimum atomic E-state index is -0.657. The maximum absolute atomic E-state index is 12.5. The van der Waals surface area contributed by atoms with E-state index in [0.717, 1.165) is 5.56 Å². The Labute approximate surface area is 135 Å². The van der Waals surface area contributed by atoms with Gasteiger partial charge in [0.2, 0.25) is 5.91 Å². The average molecular weight is 312 g/mol. The van der Waals surface area contributed by atoms with Crippen molar-refractivity contribution in [3.63, 3.8) is 0 Å². The molecule has 3 N–H and O–H groups in total. The van der Waals surface area contributed by atoms with Gasteiger partial charge in [0.25, 0.3) is 5.91 Å². The third-order valence-electron chi connectivity index (χ3n) is 3.66. The maximum atomic E-state index is 12.5. The van der Waals surface area contributed by atoms with E-state index in [1.807, 2.05) is 37.3 Å². The van der Waals surface area contributed by atoms with Crippen molar-refractivity contribution in [1.82, 2.24) is 5.32 Å². The summed E-state index contributed by atoms with van der Waals surface area (Å²) in [5.74, 6) is -0.769. The van der Waals surface area contributed by atoms with Crippen LogP contribution in [-0.2, 0) is 10.3 Å². The van der Waals surface area contributed by atoms with Crippen LogP contribution in [0.4, 0.5) is 0 Å². The molecule has 0 saturated carbocycles. The zero-order chi connectivity index (χ0) is 16.9. The molecule has 23 heavy (non-hydrogen) atoms. The van der Waals surface area contributed by atoms with Crippen LogP contribution in [-0.4, -0.2) is 25.5 Å². The van der Waals surface area contributed by atoms with Crippen LogP contribution in [0.25, 0.3) is 0 Å². The molecular formula is C18H20N2O3. The summed E-state index contributed by atoms with van der Waals surface area (Å²) in [5.41, 5.74) is 6.31. The van der Waals surface area contributed by atoms with Gasteiger partial charge in [-0.3, -0.25) is 9.59 Å². The standard InChI is InChI=1S/C18H20N2O3/c1-18(12-23-2,15-6-4-3-5-7-15)20-17(22)14-10-8-13(9-11-14)16(19)21/h3-11H,12H2,1-2H3,(H2,19,21)(H,20,22)/t18-/m0/s1. The van der Waals surface area contributed by atoms with Gasteiger partial charge in [0.05, 0.1) is 12.1 Å². The molecule has 0 aliphatic heterocycles. The van der Waals surface area contributed by atoms with Gasteiger partial charge in [-0.15, -0.1) is 0 Å². The van der Waals surface area contributed by atoms with Crippen molar-refractivity contribution in [3.8, 4) is 0 Å². The first kappa shape index (κ1) is 16.7. The van der Waals surface area contributed by atoms with E-state index in [1.165, 1.54) is 12.1 Å². The summed E-state index contributed by atoms with van der Waals surface area (Å²) >= 11 is 0. The first-order valence-corrected chi connectivity index (χ1v) is 7.23. The fraction of sp³-hybridized carbons (Fsp3) is 0.222. The Morgan fingerprint density at radius 3 is 2.13 bits per heavy atom. The summed E-state index contributed by atoms with van der Waals surface area (Å²) in [6.45, 7) is 2.24. The number of hydrogen-bond donors (Lipinski definition) is 2. The van der Waals surface area contributed by atoms with Gasteiger partial charge in [-0.1, -0.05) is 30.3 Å². The molecule has 0 fully saturated rings. The van der Waals surface area contributed by atoms with Crippen molar-refractivity contribution in [2.24, 2.45) is 5.73 Å². The van der Waals surface area contributed by atoms with Gasteiger partial charge in [0, 0.05) is 18.2 Å². The first-order valence-electron chi connectivity index (χ1n) is 7.23. The number of ether oxygens (including phenoxy) is 1. The largest absolute Gasteiger partial charge is 0.382 e. The lowest BCUT2D eigenvalue weighted by molar-refractivity contribution is 0.0785. The van der Waals surface area contributed by atoms with Gasteiger partial charge < -0.3 is 15.8 Å². The van der Waals surface area contributed by atoms with Gasteiger partial charge in [0.1, 0.15) is 0 Å². The molecule has 0 aliphatic rings. The number of carbonyl (C=O) groups is 2. The van der Waals surface area contributed by atoms with Gasteiger partial charge in [0.15, 0.2) is 0 Å². The molecule has 2 rings (SSSR count). The van der Waals surface area contributed by atoms with E-state index in [4.69, 9.17) is 10.5 Å². The Hall–Kier alpha value is -2.66. The predicted molar refractivity (Wildman–Crippen MR) is 88.1 cm³/mol. The van der Waals surface area contributed by atoms with E-state index in [1.54, 1.807) is 19.2 Å². The van der Waals surface area contributed by atoms with Crippen LogP contribution in [0.5, 0.6) is 0 Å². The Balaban J connectivity index is 2.22. The van der Waals surface area contributed by atoms with Gasteiger partial charge in [-0.2, -0.15) is 0 Å². The van der Waals surface area contributed by atoms with E-state index < -0.39 is 11.4 Å². The first-order chi connectivity index (χ1) is 11.0. The van der Waals surface area contributed by atoms with Gasteiger partial charge in [-0.05, 0) is 36.8 Å². The number of carbonyl (C=O) groups excluding carboxylic acids is 2. The number of benzene rings is 2. The Kier molecular flexibility index (Phi) is 5.13. The summed E-state index contributed by atoms with van der Waals surface area (Å²) < 4.78 is 5.27. The average Bonchev–Trinajstić information content (AvgIpc) is 2.56. The fourth-order valence-corrected chi connectivity index (χ4v) is 2.39. The van der Waals surface area contributed by atoms with Crippen molar-refractivity contribution in [1.29, 1.82) is 0 Å². The molecule has 2 aromatic rings. The Morgan fingerprint density at radius 1 is 1.04 bits per heavy atom. The van der Waals surface area contributed by atoms with Gasteiger partial charge >= 0.3 is 0 Å². The second kappa shape index (κ2) is 7.07. The van der Waals surface area contributed by atoms with E-state index >= 15 is 0 Å². The van der Waals surface area contributed by atoms with Crippen molar-refractivity contribution >= 4 is 11.8 Å². The summed E-state index contributed by atoms with van der Waals surface area (Å²) in [5, 5.41) is 3.00. The molecular weight excluding hydrogens is 292 g/mol. The van der Waals surface area contributed by atoms with Crippen LogP contribution < -0.4 is 11.1 Å². The maximum Gasteiger partial charge on any atom is 0.252 e. The number of hydrogen-bond acceptors (Lipinski definition) is 3. The van der Waals surface area contributed by atoms with E-state index in [0.29, 0.717) is 17.7 Å². The summed E-state index contributed by atoms with van der Waals surface area (Å²) in [6.07, 6.45) is 0. The molecule has 5 heteroatoms. The third-order valence-corrected chi connectivity index (χ3v) is 3.66. The summed E-state index contributed by atoms with van der Waals surface area (Å²) in [6, 6.07) is 15.8. The molecule has 2 amide bonds. The highest BCUT2D eigenvalue weighted by atomic mass is 16.5. The SMILES string of the molecule is COC[C@](C)(NC(=O)c1ccc(C(N)=O)cc1)c1ccccc1. The monoisotopic (exact) mass is 312 g/mol. The predicted octanol–water partition coefficient (Wildman–Crippen LogP) is 2.08. The van der Waals surface area contributed by atoms with Crippen molar-refractivity contribution in [2.75, 3.05) is 13.7 Å². The quantitative estimate of drug-likeness (QED) is 0.857. The normalized spacial score (nSPS) is 13.1. The molecule has 5 nitrogen and oxygen atoms in total. The zero-order valence-corrected chi connectivity index (χ0v) is 13.2. The van der Waals surface area contributed by atoms with E-state index in [-0.39, 0.29) is 5.91 Å². The Bertz CT molecular complexity index is 683. The van der Waals surface area contributed by atoms with E-state index in [2.05, 4.69) is 5.32 Å². The number of rotatable bonds is 6. The molecule has 0 bridgehead atoms. The zero-order valence-electron chi connectivity index (χ0n) is 13.2. The van der Waals surface area contributed by atoms with Crippen LogP contribution in [0.15, 0.2) is 54.6 Å². The van der Waals surface area contributed by atoms with Crippen LogP contribution in [0.1, 0.15) is 33.2 Å². The van der Waals surface area contributed by atoms with E-state index in [9.17, 15) is 9.59 Å². The molecule has 120 valence electrons. The van der Waals surface area contributed by atoms with Crippen LogP contribution in [0.2, 0.25) is 0 Å². The molecule has 0 saturated heterocycles. The summed E-state index contributed by atoms with van der Waals surface area (Å²) in [7, 11) is 1.59. The fourth-order valence-electron chi connectivity index (χ4n) is 2.39. The molecule has 2 aromatic carbocycles. The molecule has 0 heterocycles. The number of nitrogens with one attached hydrogen (secondary N) is 1. The number of primary amides is 1. The summed E-state index contributed by atoms with van der Waals surface area (Å²) in [4.78, 5) is 23.6. The smallest absolute Gasteiger partial charge is 0.252 e. The number of nitrogens with two attached hydrogens (primary N) is 1. The molecule has 0 spiro atoms. The second-order valence-corrected chi connectivity index (χ2v) is 5.53. The topological polar surface area (TPSA) is 81.4 Å². The highest BCUT2D eigenvalue weighted by Gasteiger charge is 2.29. The molecule has 1 atom stereocenters. The lowest BCUT2D eigenvalue weighted by atomic mass is 9.92. The highest BCUT2D eigenvalue weighted by Crippen LogP contribution is 2.21. The number of methoxy groups -OCH3 is 1. The number of amides is 2. The molecule has 0 aliphatic carbocycles. The van der Waals surface area contributed by atoms with Crippen LogP contribution in [0, 0.1) is 0 Å². The molecule has 0 radical (unpaired) electrons. The second-order valence-electron chi connectivity index (χ2n) is 5.53. The van der Waals surface area contributed by atoms with Crippen molar-refractivity contribution in [3.05, 3.63) is 71.3 Å². The van der Waals surface area contributed by atoms with Crippen molar-refractivity contribution < 1.29 is 14.3 Å². The van der Waals surface area contributed by atoms with Crippen molar-refractivity contribution in [2.45, 2.75) is 12.5 Å². The minimum Gasteiger partial charge on any atom is -0.382 e. The third kappa shape index (κ3) is 3.96. The Morgan fingerprint density at radius 2 is 1.61 bits per heavy atom.